The van der Waals surface area contributed by atoms with Crippen molar-refractivity contribution in [2.75, 3.05) is 6.61 Å². The van der Waals surface area contributed by atoms with Crippen molar-refractivity contribution in [2.24, 2.45) is 11.7 Å². The summed E-state index contributed by atoms with van der Waals surface area (Å²) in [6, 6.07) is 0. The molecule has 2 aliphatic rings. The van der Waals surface area contributed by atoms with E-state index in [-0.39, 0.29) is 18.6 Å². The molecule has 0 saturated heterocycles. The Morgan fingerprint density at radius 2 is 1.93 bits per heavy atom. The fourth-order valence-corrected chi connectivity index (χ4v) is 2.26. The molecular weight excluding hydrogens is 194 g/mol. The molecule has 2 fully saturated rings. The van der Waals surface area contributed by atoms with Crippen molar-refractivity contribution >= 4 is 5.97 Å². The zero-order valence-corrected chi connectivity index (χ0v) is 8.95. The van der Waals surface area contributed by atoms with Crippen LogP contribution >= 0.6 is 0 Å². The van der Waals surface area contributed by atoms with Crippen molar-refractivity contribution in [1.82, 2.24) is 0 Å². The number of carboxylic acid groups (broad SMARTS) is 1. The molecule has 15 heavy (non-hydrogen) atoms. The Labute approximate surface area is 89.8 Å². The van der Waals surface area contributed by atoms with Crippen molar-refractivity contribution < 1.29 is 14.6 Å². The third-order valence-electron chi connectivity index (χ3n) is 3.56. The van der Waals surface area contributed by atoms with Gasteiger partial charge in [-0.05, 0) is 31.6 Å². The summed E-state index contributed by atoms with van der Waals surface area (Å²) in [5.74, 6) is -0.792. The highest BCUT2D eigenvalue weighted by Gasteiger charge is 2.48. The predicted molar refractivity (Wildman–Crippen MR) is 55.5 cm³/mol. The zero-order valence-electron chi connectivity index (χ0n) is 8.95. The molecule has 0 aromatic heterocycles. The van der Waals surface area contributed by atoms with Crippen LogP contribution in [-0.2, 0) is 9.53 Å². The van der Waals surface area contributed by atoms with Crippen LogP contribution < -0.4 is 5.73 Å². The summed E-state index contributed by atoms with van der Waals surface area (Å²) in [4.78, 5) is 11.1. The summed E-state index contributed by atoms with van der Waals surface area (Å²) in [7, 11) is 0. The second-order valence-corrected chi connectivity index (χ2v) is 4.84. The zero-order chi connectivity index (χ0) is 10.9. The quantitative estimate of drug-likeness (QED) is 0.718. The Hall–Kier alpha value is -0.610. The molecule has 0 aliphatic heterocycles. The van der Waals surface area contributed by atoms with Crippen LogP contribution in [0.1, 0.15) is 38.5 Å². The van der Waals surface area contributed by atoms with Crippen LogP contribution in [0.15, 0.2) is 0 Å². The number of aliphatic carboxylic acids is 1. The van der Waals surface area contributed by atoms with Crippen molar-refractivity contribution in [3.8, 4) is 0 Å². The molecule has 1 atom stereocenters. The minimum Gasteiger partial charge on any atom is -0.480 e. The van der Waals surface area contributed by atoms with E-state index in [9.17, 15) is 4.79 Å². The van der Waals surface area contributed by atoms with Gasteiger partial charge >= 0.3 is 5.97 Å². The number of rotatable bonds is 5. The first-order chi connectivity index (χ1) is 7.13. The van der Waals surface area contributed by atoms with Gasteiger partial charge in [-0.3, -0.25) is 4.79 Å². The van der Waals surface area contributed by atoms with Crippen LogP contribution in [0.3, 0.4) is 0 Å². The molecule has 2 aliphatic carbocycles. The average Bonchev–Trinajstić information content (AvgIpc) is 2.93. The summed E-state index contributed by atoms with van der Waals surface area (Å²) in [5, 5.41) is 9.11. The molecule has 0 heterocycles. The summed E-state index contributed by atoms with van der Waals surface area (Å²) in [6.45, 7) is 0.178. The lowest BCUT2D eigenvalue weighted by molar-refractivity contribution is -0.148. The van der Waals surface area contributed by atoms with E-state index in [1.54, 1.807) is 0 Å². The Bertz CT molecular complexity index is 246. The number of hydrogen-bond donors (Lipinski definition) is 2. The summed E-state index contributed by atoms with van der Waals surface area (Å²) >= 11 is 0. The monoisotopic (exact) mass is 213 g/mol. The van der Waals surface area contributed by atoms with E-state index in [1.807, 2.05) is 0 Å². The average molecular weight is 213 g/mol. The third-order valence-corrected chi connectivity index (χ3v) is 3.56. The van der Waals surface area contributed by atoms with Gasteiger partial charge in [-0.15, -0.1) is 0 Å². The maximum atomic E-state index is 11.1. The maximum Gasteiger partial charge on any atom is 0.326 e. The molecule has 0 aromatic rings. The van der Waals surface area contributed by atoms with E-state index in [4.69, 9.17) is 15.6 Å². The SMILES string of the molecule is NC(COC1CCCC1)(C(=O)O)C1CC1. The number of nitrogens with two attached hydrogens (primary N) is 1. The molecule has 4 nitrogen and oxygen atoms in total. The molecule has 0 spiro atoms. The molecule has 1 unspecified atom stereocenters. The van der Waals surface area contributed by atoms with Crippen molar-refractivity contribution in [1.29, 1.82) is 0 Å². The minimum atomic E-state index is -1.14. The Balaban J connectivity index is 1.86. The van der Waals surface area contributed by atoms with Crippen molar-refractivity contribution in [2.45, 2.75) is 50.2 Å². The van der Waals surface area contributed by atoms with Gasteiger partial charge in [0.15, 0.2) is 0 Å². The Kier molecular flexibility index (Phi) is 2.98. The summed E-state index contributed by atoms with van der Waals surface area (Å²) in [5.41, 5.74) is 4.76. The lowest BCUT2D eigenvalue weighted by atomic mass is 9.96. The first-order valence-corrected chi connectivity index (χ1v) is 5.77. The fourth-order valence-electron chi connectivity index (χ4n) is 2.26. The number of carbonyl (C=O) groups is 1. The standard InChI is InChI=1S/C11H19NO3/c12-11(10(13)14,8-5-6-8)7-15-9-3-1-2-4-9/h8-9H,1-7,12H2,(H,13,14). The first-order valence-electron chi connectivity index (χ1n) is 5.77. The van der Waals surface area contributed by atoms with E-state index in [2.05, 4.69) is 0 Å². The highest BCUT2D eigenvalue weighted by Crippen LogP contribution is 2.39. The summed E-state index contributed by atoms with van der Waals surface area (Å²) in [6.07, 6.45) is 6.59. The van der Waals surface area contributed by atoms with Crippen molar-refractivity contribution in [3.63, 3.8) is 0 Å². The number of ether oxygens (including phenoxy) is 1. The highest BCUT2D eigenvalue weighted by molar-refractivity contribution is 5.79. The van der Waals surface area contributed by atoms with E-state index in [0.29, 0.717) is 0 Å². The van der Waals surface area contributed by atoms with Gasteiger partial charge in [0.25, 0.3) is 0 Å². The lowest BCUT2D eigenvalue weighted by Crippen LogP contribution is -2.54. The molecule has 86 valence electrons. The van der Waals surface area contributed by atoms with Gasteiger partial charge in [0, 0.05) is 0 Å². The van der Waals surface area contributed by atoms with E-state index >= 15 is 0 Å². The minimum absolute atomic E-state index is 0.122. The van der Waals surface area contributed by atoms with Crippen LogP contribution in [0.4, 0.5) is 0 Å². The van der Waals surface area contributed by atoms with Crippen molar-refractivity contribution in [3.05, 3.63) is 0 Å². The van der Waals surface area contributed by atoms with E-state index in [1.165, 1.54) is 12.8 Å². The normalized spacial score (nSPS) is 26.5. The molecule has 0 amide bonds. The van der Waals surface area contributed by atoms with Crippen LogP contribution in [-0.4, -0.2) is 29.3 Å². The van der Waals surface area contributed by atoms with Crippen LogP contribution in [0, 0.1) is 5.92 Å². The number of carboxylic acids is 1. The molecular formula is C11H19NO3. The fraction of sp³-hybridized carbons (Fsp3) is 0.909. The van der Waals surface area contributed by atoms with E-state index < -0.39 is 11.5 Å². The van der Waals surface area contributed by atoms with Gasteiger partial charge in [0.1, 0.15) is 5.54 Å². The van der Waals surface area contributed by atoms with E-state index in [0.717, 1.165) is 25.7 Å². The smallest absolute Gasteiger partial charge is 0.326 e. The predicted octanol–water partition coefficient (Wildman–Crippen LogP) is 1.14. The van der Waals surface area contributed by atoms with Crippen LogP contribution in [0.5, 0.6) is 0 Å². The van der Waals surface area contributed by atoms with Gasteiger partial charge in [-0.1, -0.05) is 12.8 Å². The molecule has 0 aromatic carbocycles. The number of hydrogen-bond acceptors (Lipinski definition) is 3. The Morgan fingerprint density at radius 1 is 1.33 bits per heavy atom. The molecule has 0 bridgehead atoms. The van der Waals surface area contributed by atoms with Crippen LogP contribution in [0.25, 0.3) is 0 Å². The molecule has 4 heteroatoms. The largest absolute Gasteiger partial charge is 0.480 e. The van der Waals surface area contributed by atoms with Gasteiger partial charge in [-0.25, -0.2) is 0 Å². The van der Waals surface area contributed by atoms with Gasteiger partial charge in [0.05, 0.1) is 12.7 Å². The highest BCUT2D eigenvalue weighted by atomic mass is 16.5. The third kappa shape index (κ3) is 2.32. The first kappa shape index (κ1) is 10.9. The lowest BCUT2D eigenvalue weighted by Gasteiger charge is -2.26. The second-order valence-electron chi connectivity index (χ2n) is 4.84. The summed E-state index contributed by atoms with van der Waals surface area (Å²) < 4.78 is 5.62. The Morgan fingerprint density at radius 3 is 2.40 bits per heavy atom. The second kappa shape index (κ2) is 4.10. The molecule has 2 saturated carbocycles. The molecule has 0 radical (unpaired) electrons. The van der Waals surface area contributed by atoms with Gasteiger partial charge in [-0.2, -0.15) is 0 Å². The molecule has 2 rings (SSSR count). The van der Waals surface area contributed by atoms with Gasteiger partial charge < -0.3 is 15.6 Å². The molecule has 3 N–H and O–H groups in total. The topological polar surface area (TPSA) is 72.5 Å². The van der Waals surface area contributed by atoms with Gasteiger partial charge in [0.2, 0.25) is 0 Å². The maximum absolute atomic E-state index is 11.1. The van der Waals surface area contributed by atoms with Crippen LogP contribution in [0.2, 0.25) is 0 Å².